The molecule has 0 radical (unpaired) electrons. The quantitative estimate of drug-likeness (QED) is 0.727. The summed E-state index contributed by atoms with van der Waals surface area (Å²) in [7, 11) is 0. The Hall–Kier alpha value is -1.33. The van der Waals surface area contributed by atoms with Crippen molar-refractivity contribution in [2.24, 2.45) is 0 Å². The van der Waals surface area contributed by atoms with Gasteiger partial charge in [0.1, 0.15) is 5.82 Å². The molecule has 0 aliphatic heterocycles. The Morgan fingerprint density at radius 3 is 2.52 bits per heavy atom. The number of hydrogen-bond donors (Lipinski definition) is 1. The van der Waals surface area contributed by atoms with E-state index in [0.29, 0.717) is 5.75 Å². The summed E-state index contributed by atoms with van der Waals surface area (Å²) in [5, 5.41) is 2.80. The van der Waals surface area contributed by atoms with Crippen LogP contribution in [0.4, 0.5) is 10.1 Å². The number of hydrogen-bond acceptors (Lipinski definition) is 2. The summed E-state index contributed by atoms with van der Waals surface area (Å²) in [5.74, 6) is 0.347. The van der Waals surface area contributed by atoms with Crippen LogP contribution in [0.25, 0.3) is 0 Å². The highest BCUT2D eigenvalue weighted by molar-refractivity contribution is 9.10. The van der Waals surface area contributed by atoms with Crippen LogP contribution in [0.15, 0.2) is 40.9 Å². The number of anilines is 1. The molecule has 1 amide bonds. The topological polar surface area (TPSA) is 29.1 Å². The molecular formula is C18H19BrFNOS. The number of benzene rings is 2. The molecule has 1 atom stereocenters. The van der Waals surface area contributed by atoms with Crippen molar-refractivity contribution < 1.29 is 9.18 Å². The number of para-hydroxylation sites is 1. The minimum atomic E-state index is -0.272. The molecule has 0 fully saturated rings. The zero-order valence-corrected chi connectivity index (χ0v) is 15.7. The third-order valence-corrected chi connectivity index (χ3v) is 5.53. The van der Waals surface area contributed by atoms with Crippen molar-refractivity contribution in [1.82, 2.24) is 0 Å². The zero-order valence-electron chi connectivity index (χ0n) is 13.3. The van der Waals surface area contributed by atoms with Gasteiger partial charge < -0.3 is 5.32 Å². The highest BCUT2D eigenvalue weighted by Crippen LogP contribution is 2.26. The Kier molecular flexibility index (Phi) is 6.25. The Morgan fingerprint density at radius 2 is 1.91 bits per heavy atom. The standard InChI is InChI=1S/C18H19BrFNOS/c1-11-5-4-6-12(2)17(11)21-18(22)13(3)23-10-14-7-8-15(20)9-16(14)19/h4-9,13H,10H2,1-3H3,(H,21,22). The number of thioether (sulfide) groups is 1. The molecule has 2 nitrogen and oxygen atoms in total. The van der Waals surface area contributed by atoms with E-state index in [0.717, 1.165) is 26.9 Å². The summed E-state index contributed by atoms with van der Waals surface area (Å²) in [5.41, 5.74) is 3.96. The molecule has 122 valence electrons. The molecule has 1 unspecified atom stereocenters. The summed E-state index contributed by atoms with van der Waals surface area (Å²) in [6, 6.07) is 10.6. The Balaban J connectivity index is 1.97. The second-order valence-electron chi connectivity index (χ2n) is 5.45. The van der Waals surface area contributed by atoms with Crippen molar-refractivity contribution in [3.05, 3.63) is 63.4 Å². The molecule has 0 aromatic heterocycles. The smallest absolute Gasteiger partial charge is 0.237 e. The van der Waals surface area contributed by atoms with Crippen LogP contribution in [-0.2, 0) is 10.5 Å². The molecule has 0 aliphatic rings. The molecule has 5 heteroatoms. The first-order valence-corrected chi connectivity index (χ1v) is 9.15. The first-order valence-electron chi connectivity index (χ1n) is 7.31. The number of halogens is 2. The molecule has 2 aromatic rings. The van der Waals surface area contributed by atoms with Crippen LogP contribution in [-0.4, -0.2) is 11.2 Å². The summed E-state index contributed by atoms with van der Waals surface area (Å²) >= 11 is 4.88. The van der Waals surface area contributed by atoms with Crippen molar-refractivity contribution in [3.63, 3.8) is 0 Å². The van der Waals surface area contributed by atoms with E-state index < -0.39 is 0 Å². The first kappa shape index (κ1) is 18.0. The predicted octanol–water partition coefficient (Wildman–Crippen LogP) is 5.47. The molecule has 0 saturated carbocycles. The maximum absolute atomic E-state index is 13.1. The lowest BCUT2D eigenvalue weighted by molar-refractivity contribution is -0.115. The van der Waals surface area contributed by atoms with E-state index in [2.05, 4.69) is 21.2 Å². The highest BCUT2D eigenvalue weighted by atomic mass is 79.9. The fraction of sp³-hybridized carbons (Fsp3) is 0.278. The maximum atomic E-state index is 13.1. The van der Waals surface area contributed by atoms with Crippen molar-refractivity contribution in [2.45, 2.75) is 31.8 Å². The van der Waals surface area contributed by atoms with Gasteiger partial charge in [-0.05, 0) is 49.6 Å². The van der Waals surface area contributed by atoms with Crippen LogP contribution < -0.4 is 5.32 Å². The minimum Gasteiger partial charge on any atom is -0.325 e. The van der Waals surface area contributed by atoms with Gasteiger partial charge in [-0.3, -0.25) is 4.79 Å². The Morgan fingerprint density at radius 1 is 1.26 bits per heavy atom. The average molecular weight is 396 g/mol. The molecule has 0 bridgehead atoms. The van der Waals surface area contributed by atoms with Gasteiger partial charge in [0.05, 0.1) is 5.25 Å². The molecule has 2 aromatic carbocycles. The molecule has 23 heavy (non-hydrogen) atoms. The minimum absolute atomic E-state index is 0.0226. The van der Waals surface area contributed by atoms with Gasteiger partial charge in [0.2, 0.25) is 5.91 Å². The number of carbonyl (C=O) groups is 1. The lowest BCUT2D eigenvalue weighted by Crippen LogP contribution is -2.23. The van der Waals surface area contributed by atoms with Crippen LogP contribution in [0.3, 0.4) is 0 Å². The van der Waals surface area contributed by atoms with Gasteiger partial charge in [-0.1, -0.05) is 40.2 Å². The second kappa shape index (κ2) is 7.97. The monoisotopic (exact) mass is 395 g/mol. The first-order chi connectivity index (χ1) is 10.9. The summed E-state index contributed by atoms with van der Waals surface area (Å²) in [6.07, 6.45) is 0. The van der Waals surface area contributed by atoms with Gasteiger partial charge in [-0.15, -0.1) is 11.8 Å². The largest absolute Gasteiger partial charge is 0.325 e. The average Bonchev–Trinajstić information content (AvgIpc) is 2.49. The van der Waals surface area contributed by atoms with Crippen molar-refractivity contribution in [2.75, 3.05) is 5.32 Å². The normalized spacial score (nSPS) is 12.0. The lowest BCUT2D eigenvalue weighted by Gasteiger charge is -2.15. The second-order valence-corrected chi connectivity index (χ2v) is 7.63. The third-order valence-electron chi connectivity index (χ3n) is 3.60. The number of nitrogens with one attached hydrogen (secondary N) is 1. The van der Waals surface area contributed by atoms with E-state index in [1.807, 2.05) is 39.0 Å². The van der Waals surface area contributed by atoms with Gasteiger partial charge in [-0.2, -0.15) is 0 Å². The number of rotatable bonds is 5. The summed E-state index contributed by atoms with van der Waals surface area (Å²) < 4.78 is 13.8. The molecule has 0 aliphatic carbocycles. The molecule has 0 saturated heterocycles. The van der Waals surface area contributed by atoms with E-state index in [1.54, 1.807) is 6.07 Å². The van der Waals surface area contributed by atoms with E-state index >= 15 is 0 Å². The predicted molar refractivity (Wildman–Crippen MR) is 99.4 cm³/mol. The molecule has 1 N–H and O–H groups in total. The molecular weight excluding hydrogens is 377 g/mol. The van der Waals surface area contributed by atoms with E-state index in [9.17, 15) is 9.18 Å². The van der Waals surface area contributed by atoms with Crippen molar-refractivity contribution >= 4 is 39.3 Å². The van der Waals surface area contributed by atoms with Gasteiger partial charge in [0.15, 0.2) is 0 Å². The third kappa shape index (κ3) is 4.82. The number of aryl methyl sites for hydroxylation is 2. The fourth-order valence-corrected chi connectivity index (χ4v) is 3.73. The molecule has 0 spiro atoms. The van der Waals surface area contributed by atoms with Crippen LogP contribution in [0, 0.1) is 19.7 Å². The van der Waals surface area contributed by atoms with Crippen molar-refractivity contribution in [3.8, 4) is 0 Å². The highest BCUT2D eigenvalue weighted by Gasteiger charge is 2.16. The maximum Gasteiger partial charge on any atom is 0.237 e. The Bertz CT molecular complexity index is 700. The van der Waals surface area contributed by atoms with Gasteiger partial charge >= 0.3 is 0 Å². The summed E-state index contributed by atoms with van der Waals surface area (Å²) in [4.78, 5) is 12.4. The summed E-state index contributed by atoms with van der Waals surface area (Å²) in [6.45, 7) is 5.84. The van der Waals surface area contributed by atoms with Crippen LogP contribution in [0.2, 0.25) is 0 Å². The van der Waals surface area contributed by atoms with Crippen LogP contribution in [0.5, 0.6) is 0 Å². The van der Waals surface area contributed by atoms with E-state index in [4.69, 9.17) is 0 Å². The number of carbonyl (C=O) groups excluding carboxylic acids is 1. The lowest BCUT2D eigenvalue weighted by atomic mass is 10.1. The van der Waals surface area contributed by atoms with Gasteiger partial charge in [-0.25, -0.2) is 4.39 Å². The molecule has 0 heterocycles. The zero-order chi connectivity index (χ0) is 17.0. The van der Waals surface area contributed by atoms with Gasteiger partial charge in [0.25, 0.3) is 0 Å². The molecule has 2 rings (SSSR count). The van der Waals surface area contributed by atoms with Crippen LogP contribution >= 0.6 is 27.7 Å². The van der Waals surface area contributed by atoms with Gasteiger partial charge in [0, 0.05) is 15.9 Å². The van der Waals surface area contributed by atoms with Crippen LogP contribution in [0.1, 0.15) is 23.6 Å². The fourth-order valence-electron chi connectivity index (χ4n) is 2.17. The van der Waals surface area contributed by atoms with E-state index in [-0.39, 0.29) is 17.0 Å². The van der Waals surface area contributed by atoms with Crippen molar-refractivity contribution in [1.29, 1.82) is 0 Å². The SMILES string of the molecule is Cc1cccc(C)c1NC(=O)C(C)SCc1ccc(F)cc1Br. The Labute approximate surface area is 149 Å². The number of amides is 1. The van der Waals surface area contributed by atoms with E-state index in [1.165, 1.54) is 23.9 Å².